The van der Waals surface area contributed by atoms with Crippen molar-refractivity contribution in [3.63, 3.8) is 0 Å². The Morgan fingerprint density at radius 2 is 1.87 bits per heavy atom. The van der Waals surface area contributed by atoms with Gasteiger partial charge in [0.15, 0.2) is 6.04 Å². The number of likely N-dealkylation sites (N-methyl/N-ethyl adjacent to an activating group) is 1. The molecule has 1 heterocycles. The van der Waals surface area contributed by atoms with E-state index in [0.717, 1.165) is 11.0 Å². The van der Waals surface area contributed by atoms with Crippen LogP contribution in [0.4, 0.5) is 4.39 Å². The van der Waals surface area contributed by atoms with Crippen LogP contribution in [0.3, 0.4) is 0 Å². The van der Waals surface area contributed by atoms with Gasteiger partial charge in [-0.1, -0.05) is 18.2 Å². The smallest absolute Gasteiger partial charge is 0.327 e. The number of unbranched alkanes of at least 4 members (excludes halogenated alkanes) is 1. The summed E-state index contributed by atoms with van der Waals surface area (Å²) in [5, 5.41) is 11.1. The second-order valence-electron chi connectivity index (χ2n) is 5.10. The summed E-state index contributed by atoms with van der Waals surface area (Å²) in [5.74, 6) is -2.80. The topological polar surface area (TPSA) is 86.7 Å². The third-order valence-electron chi connectivity index (χ3n) is 3.61. The Morgan fingerprint density at radius 1 is 1.30 bits per heavy atom. The molecule has 0 bridgehead atoms. The number of aliphatic carboxylic acids is 1. The van der Waals surface area contributed by atoms with E-state index >= 15 is 0 Å². The fraction of sp³-hybridized carbons (Fsp3) is 0.312. The maximum atomic E-state index is 13.7. The molecule has 7 heteroatoms. The van der Waals surface area contributed by atoms with Crippen molar-refractivity contribution in [2.45, 2.75) is 18.9 Å². The number of amides is 2. The van der Waals surface area contributed by atoms with Crippen LogP contribution in [-0.4, -0.2) is 47.4 Å². The molecule has 1 aromatic rings. The van der Waals surface area contributed by atoms with Crippen molar-refractivity contribution >= 4 is 17.8 Å². The summed E-state index contributed by atoms with van der Waals surface area (Å²) in [7, 11) is 1.35. The van der Waals surface area contributed by atoms with Crippen molar-refractivity contribution in [2.24, 2.45) is 0 Å². The Labute approximate surface area is 132 Å². The first-order chi connectivity index (χ1) is 11.0. The van der Waals surface area contributed by atoms with Crippen LogP contribution in [0, 0.1) is 0 Å². The molecule has 0 spiro atoms. The monoisotopic (exact) mass is 320 g/mol. The summed E-state index contributed by atoms with van der Waals surface area (Å²) < 4.78 is 13.7. The van der Waals surface area contributed by atoms with Gasteiger partial charge in [0.1, 0.15) is 5.83 Å². The molecule has 0 aromatic heterocycles. The lowest BCUT2D eigenvalue weighted by Crippen LogP contribution is -2.34. The molecule has 2 rings (SSSR count). The molecule has 1 unspecified atom stereocenters. The highest BCUT2D eigenvalue weighted by molar-refractivity contribution is 6.21. The van der Waals surface area contributed by atoms with Crippen LogP contribution in [0.25, 0.3) is 0 Å². The molecule has 1 aromatic carbocycles. The number of carbonyl (C=O) groups excluding carboxylic acids is 2. The number of carboxylic acids is 1. The molecule has 23 heavy (non-hydrogen) atoms. The molecule has 0 radical (unpaired) electrons. The van der Waals surface area contributed by atoms with E-state index in [1.807, 2.05) is 0 Å². The molecule has 2 N–H and O–H groups in total. The van der Waals surface area contributed by atoms with Crippen LogP contribution in [0.2, 0.25) is 0 Å². The van der Waals surface area contributed by atoms with Gasteiger partial charge in [0.2, 0.25) is 0 Å². The molecule has 1 aliphatic rings. The largest absolute Gasteiger partial charge is 0.480 e. The summed E-state index contributed by atoms with van der Waals surface area (Å²) in [5.41, 5.74) is 0.751. The maximum absolute atomic E-state index is 13.7. The van der Waals surface area contributed by atoms with Crippen LogP contribution in [0.1, 0.15) is 33.6 Å². The molecule has 0 fully saturated rings. The quantitative estimate of drug-likeness (QED) is 0.588. The minimum atomic E-state index is -1.38. The van der Waals surface area contributed by atoms with E-state index in [0.29, 0.717) is 17.5 Å². The molecule has 2 amide bonds. The molecule has 0 saturated carbocycles. The molecule has 1 aliphatic heterocycles. The van der Waals surface area contributed by atoms with Gasteiger partial charge in [-0.15, -0.1) is 0 Å². The highest BCUT2D eigenvalue weighted by Gasteiger charge is 2.34. The first kappa shape index (κ1) is 16.8. The number of carboxylic acid groups (broad SMARTS) is 1. The second kappa shape index (κ2) is 7.15. The second-order valence-corrected chi connectivity index (χ2v) is 5.10. The predicted octanol–water partition coefficient (Wildman–Crippen LogP) is 1.59. The van der Waals surface area contributed by atoms with Crippen molar-refractivity contribution in [1.82, 2.24) is 10.2 Å². The van der Waals surface area contributed by atoms with Crippen LogP contribution in [-0.2, 0) is 4.79 Å². The number of nitrogens with zero attached hydrogens (tertiary/aromatic N) is 1. The zero-order valence-corrected chi connectivity index (χ0v) is 12.6. The van der Waals surface area contributed by atoms with E-state index < -0.39 is 17.8 Å². The predicted molar refractivity (Wildman–Crippen MR) is 80.7 cm³/mol. The number of halogens is 1. The minimum Gasteiger partial charge on any atom is -0.480 e. The minimum absolute atomic E-state index is 0.160. The van der Waals surface area contributed by atoms with Gasteiger partial charge in [-0.3, -0.25) is 19.3 Å². The van der Waals surface area contributed by atoms with Crippen molar-refractivity contribution in [3.8, 4) is 0 Å². The van der Waals surface area contributed by atoms with Gasteiger partial charge in [-0.05, 0) is 32.0 Å². The highest BCUT2D eigenvalue weighted by Crippen LogP contribution is 2.22. The van der Waals surface area contributed by atoms with E-state index in [2.05, 4.69) is 5.32 Å². The standard InChI is InChI=1S/C16H17FN2O4/c1-18-13(16(22)23)12(17)8-4-5-9-19-14(20)10-6-2-3-7-11(10)15(19)21/h2-3,6-8,13,18H,4-5,9H2,1H3,(H,22,23)/b12-8-. The molecule has 0 saturated heterocycles. The van der Waals surface area contributed by atoms with Crippen LogP contribution < -0.4 is 5.32 Å². The Hall–Kier alpha value is -2.54. The van der Waals surface area contributed by atoms with Crippen molar-refractivity contribution in [1.29, 1.82) is 0 Å². The van der Waals surface area contributed by atoms with E-state index in [1.54, 1.807) is 24.3 Å². The molecule has 1 atom stereocenters. The average molecular weight is 320 g/mol. The van der Waals surface area contributed by atoms with Gasteiger partial charge in [0, 0.05) is 6.54 Å². The summed E-state index contributed by atoms with van der Waals surface area (Å²) in [6.45, 7) is 0.160. The van der Waals surface area contributed by atoms with Crippen molar-refractivity contribution in [2.75, 3.05) is 13.6 Å². The molecular weight excluding hydrogens is 303 g/mol. The van der Waals surface area contributed by atoms with Crippen LogP contribution >= 0.6 is 0 Å². The Bertz CT molecular complexity index is 637. The highest BCUT2D eigenvalue weighted by atomic mass is 19.1. The number of hydrogen-bond acceptors (Lipinski definition) is 4. The average Bonchev–Trinajstić information content (AvgIpc) is 2.77. The third kappa shape index (κ3) is 3.45. The van der Waals surface area contributed by atoms with Gasteiger partial charge in [0.05, 0.1) is 11.1 Å². The van der Waals surface area contributed by atoms with Gasteiger partial charge in [0.25, 0.3) is 11.8 Å². The molecule has 0 aliphatic carbocycles. The number of fused-ring (bicyclic) bond motifs is 1. The summed E-state index contributed by atoms with van der Waals surface area (Å²) in [6, 6.07) is 5.19. The van der Waals surface area contributed by atoms with E-state index in [1.165, 1.54) is 7.05 Å². The van der Waals surface area contributed by atoms with Crippen LogP contribution in [0.5, 0.6) is 0 Å². The number of benzene rings is 1. The fourth-order valence-corrected chi connectivity index (χ4v) is 2.43. The van der Waals surface area contributed by atoms with Gasteiger partial charge in [-0.25, -0.2) is 4.39 Å². The molecule has 6 nitrogen and oxygen atoms in total. The fourth-order valence-electron chi connectivity index (χ4n) is 2.43. The number of rotatable bonds is 7. The summed E-state index contributed by atoms with van der Waals surface area (Å²) >= 11 is 0. The number of imide groups is 1. The van der Waals surface area contributed by atoms with E-state index in [9.17, 15) is 18.8 Å². The SMILES string of the molecule is CNC(C(=O)O)/C(F)=C/CCCN1C(=O)c2ccccc2C1=O. The van der Waals surface area contributed by atoms with E-state index in [4.69, 9.17) is 5.11 Å². The Balaban J connectivity index is 1.92. The normalized spacial score (nSPS) is 15.7. The Kier molecular flexibility index (Phi) is 5.23. The summed E-state index contributed by atoms with van der Waals surface area (Å²) in [4.78, 5) is 36.1. The van der Waals surface area contributed by atoms with Crippen molar-refractivity contribution in [3.05, 3.63) is 47.3 Å². The van der Waals surface area contributed by atoms with Gasteiger partial charge >= 0.3 is 5.97 Å². The maximum Gasteiger partial charge on any atom is 0.327 e. The summed E-state index contributed by atoms with van der Waals surface area (Å²) in [6.07, 6.45) is 1.74. The van der Waals surface area contributed by atoms with Gasteiger partial charge < -0.3 is 10.4 Å². The number of carbonyl (C=O) groups is 3. The number of nitrogens with one attached hydrogen (secondary N) is 1. The third-order valence-corrected chi connectivity index (χ3v) is 3.61. The van der Waals surface area contributed by atoms with Gasteiger partial charge in [-0.2, -0.15) is 0 Å². The zero-order chi connectivity index (χ0) is 17.0. The lowest BCUT2D eigenvalue weighted by atomic mass is 10.1. The lowest BCUT2D eigenvalue weighted by Gasteiger charge is -2.13. The number of hydrogen-bond donors (Lipinski definition) is 2. The molecule has 122 valence electrons. The zero-order valence-electron chi connectivity index (χ0n) is 12.6. The molecular formula is C16H17FN2O4. The first-order valence-electron chi connectivity index (χ1n) is 7.18. The van der Waals surface area contributed by atoms with Crippen molar-refractivity contribution < 1.29 is 23.9 Å². The lowest BCUT2D eigenvalue weighted by molar-refractivity contribution is -0.138. The van der Waals surface area contributed by atoms with Crippen LogP contribution in [0.15, 0.2) is 36.2 Å². The first-order valence-corrected chi connectivity index (χ1v) is 7.18. The van der Waals surface area contributed by atoms with E-state index in [-0.39, 0.29) is 24.8 Å². The number of allylic oxidation sites excluding steroid dienone is 1. The Morgan fingerprint density at radius 3 is 2.35 bits per heavy atom.